The van der Waals surface area contributed by atoms with Gasteiger partial charge in [0.15, 0.2) is 0 Å². The predicted octanol–water partition coefficient (Wildman–Crippen LogP) is 5.14. The molecule has 0 heterocycles. The lowest BCUT2D eigenvalue weighted by Gasteiger charge is -2.23. The molecule has 0 spiro atoms. The molecule has 0 aliphatic rings. The molecular weight excluding hydrogens is 254 g/mol. The topological polar surface area (TPSA) is 12.0 Å². The van der Waals surface area contributed by atoms with E-state index in [9.17, 15) is 0 Å². The van der Waals surface area contributed by atoms with Crippen LogP contribution in [0.4, 0.5) is 0 Å². The molecule has 2 unspecified atom stereocenters. The van der Waals surface area contributed by atoms with E-state index in [-0.39, 0.29) is 0 Å². The van der Waals surface area contributed by atoms with Crippen LogP contribution in [0.25, 0.3) is 0 Å². The van der Waals surface area contributed by atoms with Crippen LogP contribution in [-0.4, -0.2) is 0 Å². The number of nitrogens with one attached hydrogen (secondary N) is 1. The van der Waals surface area contributed by atoms with Crippen LogP contribution in [0.1, 0.15) is 43.5 Å². The maximum atomic E-state index is 6.07. The lowest BCUT2D eigenvalue weighted by molar-refractivity contribution is 0.456. The van der Waals surface area contributed by atoms with Crippen LogP contribution in [0.3, 0.4) is 0 Å². The van der Waals surface area contributed by atoms with Gasteiger partial charge in [0.05, 0.1) is 0 Å². The number of hydrogen-bond acceptors (Lipinski definition) is 1. The summed E-state index contributed by atoms with van der Waals surface area (Å²) in [5, 5.41) is 4.46. The van der Waals surface area contributed by atoms with Gasteiger partial charge >= 0.3 is 0 Å². The molecule has 1 nitrogen and oxygen atoms in total. The third-order valence-corrected chi connectivity index (χ3v) is 3.65. The summed E-state index contributed by atoms with van der Waals surface area (Å²) in [5.74, 6) is 0. The third kappa shape index (κ3) is 3.82. The van der Waals surface area contributed by atoms with Crippen molar-refractivity contribution in [1.29, 1.82) is 0 Å². The Hall–Kier alpha value is -1.31. The normalized spacial score (nSPS) is 14.1. The van der Waals surface area contributed by atoms with Gasteiger partial charge in [-0.05, 0) is 36.6 Å². The van der Waals surface area contributed by atoms with Crippen LogP contribution in [-0.2, 0) is 0 Å². The zero-order valence-corrected chi connectivity index (χ0v) is 12.2. The maximum Gasteiger partial charge on any atom is 0.0409 e. The van der Waals surface area contributed by atoms with Crippen molar-refractivity contribution in [2.24, 2.45) is 0 Å². The molecular formula is C17H20ClN. The Balaban J connectivity index is 2.11. The predicted molar refractivity (Wildman–Crippen MR) is 82.5 cm³/mol. The Morgan fingerprint density at radius 1 is 1.00 bits per heavy atom. The van der Waals surface area contributed by atoms with Crippen LogP contribution in [0, 0.1) is 0 Å². The quantitative estimate of drug-likeness (QED) is 0.795. The first kappa shape index (κ1) is 14.1. The van der Waals surface area contributed by atoms with Gasteiger partial charge in [-0.3, -0.25) is 0 Å². The molecule has 0 aliphatic carbocycles. The summed E-state index contributed by atoms with van der Waals surface area (Å²) in [6.07, 6.45) is 1.04. The van der Waals surface area contributed by atoms with Crippen molar-refractivity contribution in [3.8, 4) is 0 Å². The summed E-state index contributed by atoms with van der Waals surface area (Å²) in [6.45, 7) is 4.39. The highest BCUT2D eigenvalue weighted by atomic mass is 35.5. The Bertz CT molecular complexity index is 510. The number of hydrogen-bond donors (Lipinski definition) is 1. The molecule has 0 saturated carbocycles. The van der Waals surface area contributed by atoms with Crippen LogP contribution in [0.5, 0.6) is 0 Å². The minimum absolute atomic E-state index is 0.324. The van der Waals surface area contributed by atoms with Crippen molar-refractivity contribution in [1.82, 2.24) is 5.32 Å². The van der Waals surface area contributed by atoms with E-state index < -0.39 is 0 Å². The van der Waals surface area contributed by atoms with Gasteiger partial charge in [0.2, 0.25) is 0 Å². The van der Waals surface area contributed by atoms with E-state index in [4.69, 9.17) is 11.6 Å². The number of rotatable bonds is 5. The second kappa shape index (κ2) is 6.74. The number of halogens is 1. The molecule has 2 aromatic carbocycles. The van der Waals surface area contributed by atoms with Crippen molar-refractivity contribution in [3.63, 3.8) is 0 Å². The zero-order valence-electron chi connectivity index (χ0n) is 11.4. The van der Waals surface area contributed by atoms with Gasteiger partial charge in [-0.2, -0.15) is 0 Å². The lowest BCUT2D eigenvalue weighted by atomic mass is 10.0. The van der Waals surface area contributed by atoms with Gasteiger partial charge in [0.25, 0.3) is 0 Å². The van der Waals surface area contributed by atoms with Crippen molar-refractivity contribution in [2.45, 2.75) is 32.4 Å². The monoisotopic (exact) mass is 273 g/mol. The molecule has 0 fully saturated rings. The smallest absolute Gasteiger partial charge is 0.0409 e. The van der Waals surface area contributed by atoms with Gasteiger partial charge in [-0.15, -0.1) is 0 Å². The summed E-state index contributed by atoms with van der Waals surface area (Å²) in [5.41, 5.74) is 2.56. The van der Waals surface area contributed by atoms with Gasteiger partial charge in [0, 0.05) is 17.1 Å². The van der Waals surface area contributed by atoms with E-state index in [0.29, 0.717) is 12.1 Å². The summed E-state index contributed by atoms with van der Waals surface area (Å²) in [7, 11) is 0. The van der Waals surface area contributed by atoms with Gasteiger partial charge in [0.1, 0.15) is 0 Å². The van der Waals surface area contributed by atoms with Crippen LogP contribution >= 0.6 is 11.6 Å². The van der Waals surface area contributed by atoms with Crippen molar-refractivity contribution in [3.05, 3.63) is 70.7 Å². The van der Waals surface area contributed by atoms with E-state index >= 15 is 0 Å². The van der Waals surface area contributed by atoms with E-state index in [1.807, 2.05) is 24.3 Å². The van der Waals surface area contributed by atoms with E-state index in [2.05, 4.69) is 49.5 Å². The minimum Gasteiger partial charge on any atom is -0.303 e. The molecule has 0 aromatic heterocycles. The number of benzene rings is 2. The standard InChI is InChI=1S/C17H20ClN/c1-3-17(15-10-7-11-16(18)12-15)19-13(2)14-8-5-4-6-9-14/h4-13,17,19H,3H2,1-2H3. The average molecular weight is 274 g/mol. The molecule has 0 bridgehead atoms. The molecule has 2 rings (SSSR count). The highest BCUT2D eigenvalue weighted by Crippen LogP contribution is 2.24. The van der Waals surface area contributed by atoms with E-state index in [1.54, 1.807) is 0 Å². The molecule has 1 N–H and O–H groups in total. The average Bonchev–Trinajstić information content (AvgIpc) is 2.45. The van der Waals surface area contributed by atoms with Crippen LogP contribution in [0.15, 0.2) is 54.6 Å². The minimum atomic E-state index is 0.324. The van der Waals surface area contributed by atoms with E-state index in [0.717, 1.165) is 11.4 Å². The molecule has 2 heteroatoms. The molecule has 2 aromatic rings. The largest absolute Gasteiger partial charge is 0.303 e. The molecule has 19 heavy (non-hydrogen) atoms. The maximum absolute atomic E-state index is 6.07. The third-order valence-electron chi connectivity index (χ3n) is 3.41. The fourth-order valence-electron chi connectivity index (χ4n) is 2.31. The molecule has 0 radical (unpaired) electrons. The molecule has 0 amide bonds. The SMILES string of the molecule is CCC(NC(C)c1ccccc1)c1cccc(Cl)c1. The highest BCUT2D eigenvalue weighted by Gasteiger charge is 2.13. The summed E-state index contributed by atoms with van der Waals surface area (Å²) < 4.78 is 0. The van der Waals surface area contributed by atoms with Gasteiger partial charge in [-0.1, -0.05) is 61.0 Å². The Morgan fingerprint density at radius 2 is 1.68 bits per heavy atom. The lowest BCUT2D eigenvalue weighted by Crippen LogP contribution is -2.24. The fourth-order valence-corrected chi connectivity index (χ4v) is 2.51. The zero-order chi connectivity index (χ0) is 13.7. The summed E-state index contributed by atoms with van der Waals surface area (Å²) in [6, 6.07) is 19.3. The fraction of sp³-hybridized carbons (Fsp3) is 0.294. The van der Waals surface area contributed by atoms with Crippen molar-refractivity contribution < 1.29 is 0 Å². The first-order valence-electron chi connectivity index (χ1n) is 6.77. The Morgan fingerprint density at radius 3 is 2.32 bits per heavy atom. The Labute approximate surface area is 120 Å². The highest BCUT2D eigenvalue weighted by molar-refractivity contribution is 6.30. The first-order chi connectivity index (χ1) is 9.20. The van der Waals surface area contributed by atoms with Crippen LogP contribution < -0.4 is 5.32 Å². The second-order valence-electron chi connectivity index (χ2n) is 4.81. The summed E-state index contributed by atoms with van der Waals surface area (Å²) in [4.78, 5) is 0. The second-order valence-corrected chi connectivity index (χ2v) is 5.25. The first-order valence-corrected chi connectivity index (χ1v) is 7.15. The van der Waals surface area contributed by atoms with Gasteiger partial charge in [-0.25, -0.2) is 0 Å². The molecule has 100 valence electrons. The molecule has 0 aliphatic heterocycles. The molecule has 0 saturated heterocycles. The van der Waals surface area contributed by atoms with Crippen LogP contribution in [0.2, 0.25) is 5.02 Å². The summed E-state index contributed by atoms with van der Waals surface area (Å²) >= 11 is 6.07. The van der Waals surface area contributed by atoms with Gasteiger partial charge < -0.3 is 5.32 Å². The van der Waals surface area contributed by atoms with Crippen molar-refractivity contribution >= 4 is 11.6 Å². The molecule has 2 atom stereocenters. The Kier molecular flexibility index (Phi) is 5.00. The van der Waals surface area contributed by atoms with Crippen molar-refractivity contribution in [2.75, 3.05) is 0 Å². The van der Waals surface area contributed by atoms with E-state index in [1.165, 1.54) is 11.1 Å².